The van der Waals surface area contributed by atoms with Gasteiger partial charge in [0, 0.05) is 31.3 Å². The number of nitrogens with zero attached hydrogens (tertiary/aromatic N) is 1. The Hall–Kier alpha value is -3.33. The van der Waals surface area contributed by atoms with Crippen molar-refractivity contribution in [2.24, 2.45) is 17.3 Å². The van der Waals surface area contributed by atoms with Gasteiger partial charge in [-0.3, -0.25) is 24.6 Å². The molecule has 2 amide bonds. The second-order valence-corrected chi connectivity index (χ2v) is 12.4. The van der Waals surface area contributed by atoms with Crippen molar-refractivity contribution < 1.29 is 53.4 Å². The van der Waals surface area contributed by atoms with Gasteiger partial charge >= 0.3 is 5.97 Å². The zero-order valence-electron chi connectivity index (χ0n) is 25.5. The number of esters is 1. The van der Waals surface area contributed by atoms with Crippen LogP contribution in [0.4, 0.5) is 0 Å². The third kappa shape index (κ3) is 3.83. The minimum Gasteiger partial charge on any atom is -0.511 e. The van der Waals surface area contributed by atoms with E-state index in [0.717, 1.165) is 6.92 Å². The van der Waals surface area contributed by atoms with Gasteiger partial charge in [-0.2, -0.15) is 0 Å². The highest BCUT2D eigenvalue weighted by Gasteiger charge is 2.75. The molecule has 2 heterocycles. The van der Waals surface area contributed by atoms with Gasteiger partial charge in [0.05, 0.1) is 49.6 Å². The lowest BCUT2D eigenvalue weighted by molar-refractivity contribution is -0.261. The van der Waals surface area contributed by atoms with Crippen molar-refractivity contribution in [2.75, 3.05) is 40.5 Å². The van der Waals surface area contributed by atoms with Crippen molar-refractivity contribution in [3.63, 3.8) is 0 Å². The molecule has 6 atom stereocenters. The lowest BCUT2D eigenvalue weighted by atomic mass is 9.49. The van der Waals surface area contributed by atoms with Gasteiger partial charge in [0.2, 0.25) is 17.5 Å². The van der Waals surface area contributed by atoms with Crippen LogP contribution in [0.2, 0.25) is 0 Å². The van der Waals surface area contributed by atoms with E-state index in [1.165, 1.54) is 6.92 Å². The highest BCUT2D eigenvalue weighted by atomic mass is 16.7. The van der Waals surface area contributed by atoms with E-state index in [9.17, 15) is 29.7 Å². The fraction of sp³-hybridized carbons (Fsp3) is 0.581. The van der Waals surface area contributed by atoms with E-state index >= 15 is 0 Å². The Bertz CT molecular complexity index is 1490. The van der Waals surface area contributed by atoms with Crippen LogP contribution in [-0.4, -0.2) is 96.5 Å². The summed E-state index contributed by atoms with van der Waals surface area (Å²) >= 11 is 0. The van der Waals surface area contributed by atoms with Crippen LogP contribution < -0.4 is 10.1 Å². The minimum absolute atomic E-state index is 0.00477. The van der Waals surface area contributed by atoms with Crippen molar-refractivity contribution in [2.45, 2.75) is 57.3 Å². The number of aliphatic hydroxyl groups is 3. The van der Waals surface area contributed by atoms with Gasteiger partial charge in [-0.15, -0.1) is 0 Å². The van der Waals surface area contributed by atoms with Crippen LogP contribution in [0.3, 0.4) is 0 Å². The summed E-state index contributed by atoms with van der Waals surface area (Å²) in [7, 11) is 3.35. The number of ether oxygens (including phenoxy) is 5. The number of carbonyl (C=O) groups excluding carboxylic acids is 3. The quantitative estimate of drug-likeness (QED) is 0.286. The Kier molecular flexibility index (Phi) is 7.23. The summed E-state index contributed by atoms with van der Waals surface area (Å²) in [5.74, 6) is -8.94. The molecule has 1 aromatic rings. The summed E-state index contributed by atoms with van der Waals surface area (Å²) in [5.41, 5.74) is -0.856. The summed E-state index contributed by atoms with van der Waals surface area (Å²) in [6, 6.07) is 4.16. The summed E-state index contributed by atoms with van der Waals surface area (Å²) in [6.07, 6.45) is -1.28. The van der Waals surface area contributed by atoms with Crippen LogP contribution in [0.5, 0.6) is 5.75 Å². The lowest BCUT2D eigenvalue weighted by Gasteiger charge is -2.62. The van der Waals surface area contributed by atoms with E-state index in [1.54, 1.807) is 38.1 Å². The van der Waals surface area contributed by atoms with Crippen molar-refractivity contribution >= 4 is 17.8 Å². The molecule has 13 heteroatoms. The summed E-state index contributed by atoms with van der Waals surface area (Å²) in [4.78, 5) is 39.5. The van der Waals surface area contributed by atoms with Crippen LogP contribution in [0.1, 0.15) is 44.7 Å². The van der Waals surface area contributed by atoms with Gasteiger partial charge in [-0.1, -0.05) is 19.1 Å². The first-order chi connectivity index (χ1) is 20.7. The third-order valence-corrected chi connectivity index (χ3v) is 9.86. The van der Waals surface area contributed by atoms with Crippen LogP contribution >= 0.6 is 0 Å². The molecule has 13 nitrogen and oxygen atoms in total. The van der Waals surface area contributed by atoms with Gasteiger partial charge in [0.1, 0.15) is 22.8 Å². The van der Waals surface area contributed by atoms with Crippen LogP contribution in [0.25, 0.3) is 0 Å². The van der Waals surface area contributed by atoms with Crippen LogP contribution in [0, 0.1) is 17.3 Å². The second kappa shape index (κ2) is 10.4. The zero-order chi connectivity index (χ0) is 31.9. The van der Waals surface area contributed by atoms with Crippen molar-refractivity contribution in [3.8, 4) is 5.75 Å². The smallest absolute Gasteiger partial charge is 0.308 e. The first-order valence-electron chi connectivity index (χ1n) is 14.7. The fourth-order valence-corrected chi connectivity index (χ4v) is 8.35. The number of carbonyl (C=O) groups is 3. The molecule has 6 rings (SSSR count). The number of hydrogen-bond acceptors (Lipinski definition) is 12. The van der Waals surface area contributed by atoms with Gasteiger partial charge in [-0.25, -0.2) is 0 Å². The normalized spacial score (nSPS) is 33.3. The molecule has 0 unspecified atom stereocenters. The first-order valence-corrected chi connectivity index (χ1v) is 14.7. The van der Waals surface area contributed by atoms with Gasteiger partial charge < -0.3 is 39.0 Å². The van der Waals surface area contributed by atoms with E-state index < -0.39 is 70.4 Å². The molecule has 2 fully saturated rings. The van der Waals surface area contributed by atoms with Crippen molar-refractivity contribution in [3.05, 3.63) is 52.0 Å². The zero-order valence-corrected chi connectivity index (χ0v) is 25.5. The maximum atomic E-state index is 13.7. The number of rotatable bonds is 3. The topological polar surface area (TPSA) is 173 Å². The molecule has 0 saturated carbocycles. The highest BCUT2D eigenvalue weighted by molar-refractivity contribution is 6.05. The number of nitrogens with one attached hydrogen (secondary N) is 1. The molecule has 0 radical (unpaired) electrons. The first kappa shape index (κ1) is 30.7. The van der Waals surface area contributed by atoms with Gasteiger partial charge in [0.25, 0.3) is 5.91 Å². The van der Waals surface area contributed by atoms with E-state index in [-0.39, 0.29) is 49.1 Å². The number of aliphatic hydroxyl groups excluding tert-OH is 3. The molecule has 0 aromatic heterocycles. The fourth-order valence-electron chi connectivity index (χ4n) is 8.35. The number of hydrogen-bond donors (Lipinski definition) is 4. The Labute approximate surface area is 254 Å². The molecule has 1 aromatic carbocycles. The number of likely N-dealkylation sites (N-methyl/N-ethyl adjacent to an activating group) is 1. The van der Waals surface area contributed by atoms with Crippen LogP contribution in [0.15, 0.2) is 40.9 Å². The van der Waals surface area contributed by atoms with Gasteiger partial charge in [0.15, 0.2) is 0 Å². The maximum Gasteiger partial charge on any atom is 0.308 e. The monoisotopic (exact) mass is 614 g/mol. The minimum atomic E-state index is -2.12. The molecule has 2 aliphatic heterocycles. The summed E-state index contributed by atoms with van der Waals surface area (Å²) < 4.78 is 30.7. The Morgan fingerprint density at radius 2 is 1.64 bits per heavy atom. The molecule has 0 bridgehead atoms. The SMILES string of the molecule is CC(=O)NC(=O)C1=C(O)[C@@H](N(C)C)[C@@H]2[C@@H](O)[C@H]3C(=C(O)[C@]2(C)C12OCCO2)C1(OCCO1)c1c(OC(C)=O)cccc1[C@@H]3C. The third-order valence-electron chi connectivity index (χ3n) is 9.86. The molecule has 5 aliphatic rings. The Balaban J connectivity index is 1.70. The number of imide groups is 1. The molecule has 4 N–H and O–H groups in total. The van der Waals surface area contributed by atoms with Crippen LogP contribution in [-0.2, 0) is 39.1 Å². The molecule has 2 spiro atoms. The average molecular weight is 615 g/mol. The summed E-state index contributed by atoms with van der Waals surface area (Å²) in [6.45, 7) is 6.18. The Morgan fingerprint density at radius 1 is 1.02 bits per heavy atom. The maximum absolute atomic E-state index is 13.7. The highest BCUT2D eigenvalue weighted by Crippen LogP contribution is 2.68. The largest absolute Gasteiger partial charge is 0.511 e. The van der Waals surface area contributed by atoms with Gasteiger partial charge in [-0.05, 0) is 38.6 Å². The van der Waals surface area contributed by atoms with E-state index in [4.69, 9.17) is 23.7 Å². The Morgan fingerprint density at radius 3 is 2.20 bits per heavy atom. The second-order valence-electron chi connectivity index (χ2n) is 12.4. The van der Waals surface area contributed by atoms with Crippen molar-refractivity contribution in [1.29, 1.82) is 0 Å². The summed E-state index contributed by atoms with van der Waals surface area (Å²) in [5, 5.41) is 39.3. The average Bonchev–Trinajstić information content (AvgIpc) is 3.62. The molecule has 2 saturated heterocycles. The predicted molar refractivity (Wildman–Crippen MR) is 151 cm³/mol. The van der Waals surface area contributed by atoms with E-state index in [1.807, 2.05) is 13.0 Å². The standard InChI is InChI=1S/C31H38N2O11/c1-14-17-8-7-9-18(44-16(3)35)20(17)30(40-10-11-41-30)21-19(14)25(36)22-24(33(5)6)26(37)23(28(39)32-15(2)34)31(42-12-13-43-31)29(22,4)27(21)38/h7-9,14,19,22,24-25,36-38H,10-13H2,1-6H3,(H,32,34,39)/t14-,19+,22+,24-,25-,29+/m0/s1. The molecular formula is C31H38N2O11. The van der Waals surface area contributed by atoms with Crippen molar-refractivity contribution in [1.82, 2.24) is 10.2 Å². The molecule has 238 valence electrons. The molecule has 3 aliphatic carbocycles. The lowest BCUT2D eigenvalue weighted by Crippen LogP contribution is -2.71. The van der Waals surface area contributed by atoms with E-state index in [2.05, 4.69) is 5.32 Å². The molecule has 44 heavy (non-hydrogen) atoms. The van der Waals surface area contributed by atoms with E-state index in [0.29, 0.717) is 11.1 Å². The number of fused-ring (bicyclic) bond motifs is 6. The number of benzene rings is 1. The molecular weight excluding hydrogens is 576 g/mol. The predicted octanol–water partition coefficient (Wildman–Crippen LogP) is 1.52. The number of amides is 2.